The van der Waals surface area contributed by atoms with Crippen molar-refractivity contribution in [1.29, 1.82) is 0 Å². The van der Waals surface area contributed by atoms with Crippen molar-refractivity contribution in [2.24, 2.45) is 0 Å². The summed E-state index contributed by atoms with van der Waals surface area (Å²) in [5.41, 5.74) is 2.03. The van der Waals surface area contributed by atoms with Crippen LogP contribution in [0.15, 0.2) is 69.8 Å². The fourth-order valence-electron chi connectivity index (χ4n) is 2.82. The lowest BCUT2D eigenvalue weighted by molar-refractivity contribution is -0.385. The fraction of sp³-hybridized carbons (Fsp3) is 0. The van der Waals surface area contributed by atoms with Crippen molar-refractivity contribution in [3.05, 3.63) is 81.1 Å². The maximum Gasteiger partial charge on any atom is 0.282 e. The van der Waals surface area contributed by atoms with Crippen LogP contribution in [0.3, 0.4) is 0 Å². The Kier molecular flexibility index (Phi) is 5.69. The highest BCUT2D eigenvalue weighted by atomic mass is 79.9. The molecule has 4 aromatic rings. The summed E-state index contributed by atoms with van der Waals surface area (Å²) < 4.78 is 6.56. The number of halogens is 1. The van der Waals surface area contributed by atoms with Gasteiger partial charge in [0.15, 0.2) is 10.7 Å². The minimum Gasteiger partial charge on any atom is -0.436 e. The van der Waals surface area contributed by atoms with Gasteiger partial charge in [-0.05, 0) is 58.5 Å². The van der Waals surface area contributed by atoms with E-state index in [1.165, 1.54) is 24.3 Å². The monoisotopic (exact) mass is 497 g/mol. The Bertz CT molecular complexity index is 1340. The van der Waals surface area contributed by atoms with Crippen molar-refractivity contribution in [3.63, 3.8) is 0 Å². The number of amides is 1. The van der Waals surface area contributed by atoms with Gasteiger partial charge in [0.1, 0.15) is 11.1 Å². The first kappa shape index (κ1) is 20.6. The van der Waals surface area contributed by atoms with E-state index in [9.17, 15) is 14.9 Å². The number of nitro benzene ring substituents is 1. The van der Waals surface area contributed by atoms with Crippen LogP contribution in [0.1, 0.15) is 10.4 Å². The molecule has 0 atom stereocenters. The van der Waals surface area contributed by atoms with Gasteiger partial charge in [0.05, 0.1) is 10.5 Å². The van der Waals surface area contributed by atoms with Crippen LogP contribution in [-0.2, 0) is 0 Å². The van der Waals surface area contributed by atoms with Crippen molar-refractivity contribution in [3.8, 4) is 11.5 Å². The molecule has 2 heterocycles. The number of carbonyl (C=O) groups excluding carboxylic acids is 1. The number of oxazole rings is 1. The van der Waals surface area contributed by atoms with Crippen LogP contribution >= 0.6 is 28.1 Å². The van der Waals surface area contributed by atoms with Gasteiger partial charge in [-0.3, -0.25) is 25.2 Å². The molecule has 11 heteroatoms. The van der Waals surface area contributed by atoms with Crippen molar-refractivity contribution in [2.45, 2.75) is 0 Å². The number of hydrogen-bond donors (Lipinski definition) is 2. The van der Waals surface area contributed by atoms with Gasteiger partial charge in [0.25, 0.3) is 11.6 Å². The number of pyridine rings is 1. The first-order valence-electron chi connectivity index (χ1n) is 8.78. The zero-order chi connectivity index (χ0) is 22.0. The fourth-order valence-corrected chi connectivity index (χ4v) is 3.39. The number of rotatable bonds is 4. The molecule has 0 aliphatic rings. The molecule has 0 fully saturated rings. The first-order chi connectivity index (χ1) is 14.9. The highest BCUT2D eigenvalue weighted by molar-refractivity contribution is 9.10. The van der Waals surface area contributed by atoms with E-state index in [1.54, 1.807) is 30.6 Å². The van der Waals surface area contributed by atoms with Crippen LogP contribution < -0.4 is 10.6 Å². The predicted molar refractivity (Wildman–Crippen MR) is 122 cm³/mol. The molecule has 2 aromatic carbocycles. The molecule has 154 valence electrons. The molecule has 0 aliphatic heterocycles. The SMILES string of the molecule is O=C(NC(=S)Nc1ccc2oc(-c3cncc(Br)c3)nc2c1)c1ccccc1[N+](=O)[O-]. The minimum absolute atomic E-state index is 0.0117. The molecule has 0 unspecified atom stereocenters. The van der Waals surface area contributed by atoms with Crippen molar-refractivity contribution < 1.29 is 14.1 Å². The van der Waals surface area contributed by atoms with Crippen molar-refractivity contribution in [2.75, 3.05) is 5.32 Å². The van der Waals surface area contributed by atoms with E-state index in [4.69, 9.17) is 16.6 Å². The zero-order valence-corrected chi connectivity index (χ0v) is 17.9. The number of nitrogens with one attached hydrogen (secondary N) is 2. The molecule has 1 amide bonds. The third kappa shape index (κ3) is 4.57. The molecule has 0 bridgehead atoms. The van der Waals surface area contributed by atoms with Gasteiger partial charge < -0.3 is 9.73 Å². The summed E-state index contributed by atoms with van der Waals surface area (Å²) in [7, 11) is 0. The number of carbonyl (C=O) groups is 1. The summed E-state index contributed by atoms with van der Waals surface area (Å²) in [6.07, 6.45) is 3.30. The van der Waals surface area contributed by atoms with E-state index < -0.39 is 10.8 Å². The maximum atomic E-state index is 12.4. The Morgan fingerprint density at radius 2 is 1.97 bits per heavy atom. The molecule has 0 spiro atoms. The summed E-state index contributed by atoms with van der Waals surface area (Å²) in [5.74, 6) is -0.273. The van der Waals surface area contributed by atoms with Crippen LogP contribution in [0.25, 0.3) is 22.6 Å². The highest BCUT2D eigenvalue weighted by Gasteiger charge is 2.20. The number of fused-ring (bicyclic) bond motifs is 1. The van der Waals surface area contributed by atoms with Crippen LogP contribution in [0.4, 0.5) is 11.4 Å². The van der Waals surface area contributed by atoms with Gasteiger partial charge in [-0.1, -0.05) is 12.1 Å². The summed E-state index contributed by atoms with van der Waals surface area (Å²) >= 11 is 8.53. The van der Waals surface area contributed by atoms with Crippen LogP contribution in [0, 0.1) is 10.1 Å². The summed E-state index contributed by atoms with van der Waals surface area (Å²) in [6.45, 7) is 0. The predicted octanol–water partition coefficient (Wildman–Crippen LogP) is 4.69. The summed E-state index contributed by atoms with van der Waals surface area (Å²) in [4.78, 5) is 31.4. The number of nitro groups is 1. The Morgan fingerprint density at radius 3 is 2.74 bits per heavy atom. The summed E-state index contributed by atoms with van der Waals surface area (Å²) in [5, 5.41) is 16.4. The number of hydrogen-bond acceptors (Lipinski definition) is 7. The Labute approximate surface area is 188 Å². The molecular weight excluding hydrogens is 486 g/mol. The van der Waals surface area contributed by atoms with Gasteiger partial charge in [0.2, 0.25) is 5.89 Å². The van der Waals surface area contributed by atoms with Gasteiger partial charge in [-0.15, -0.1) is 0 Å². The van der Waals surface area contributed by atoms with E-state index in [1.807, 2.05) is 6.07 Å². The Morgan fingerprint density at radius 1 is 1.16 bits per heavy atom. The van der Waals surface area contributed by atoms with Gasteiger partial charge in [0, 0.05) is 28.6 Å². The second-order valence-electron chi connectivity index (χ2n) is 6.28. The molecule has 2 N–H and O–H groups in total. The third-order valence-electron chi connectivity index (χ3n) is 4.17. The Hall–Kier alpha value is -3.70. The van der Waals surface area contributed by atoms with E-state index >= 15 is 0 Å². The lowest BCUT2D eigenvalue weighted by Gasteiger charge is -2.09. The number of nitrogens with zero attached hydrogens (tertiary/aromatic N) is 3. The van der Waals surface area contributed by atoms with E-state index in [2.05, 4.69) is 36.5 Å². The molecule has 0 saturated carbocycles. The van der Waals surface area contributed by atoms with E-state index in [0.29, 0.717) is 28.2 Å². The lowest BCUT2D eigenvalue weighted by atomic mass is 10.1. The normalized spacial score (nSPS) is 10.6. The highest BCUT2D eigenvalue weighted by Crippen LogP contribution is 2.27. The number of para-hydroxylation sites is 1. The minimum atomic E-state index is -0.684. The van der Waals surface area contributed by atoms with Crippen LogP contribution in [-0.4, -0.2) is 25.9 Å². The second kappa shape index (κ2) is 8.58. The number of benzene rings is 2. The average Bonchev–Trinajstić information content (AvgIpc) is 3.17. The molecule has 0 aliphatic carbocycles. The molecule has 9 nitrogen and oxygen atoms in total. The van der Waals surface area contributed by atoms with E-state index in [0.717, 1.165) is 4.47 Å². The zero-order valence-electron chi connectivity index (χ0n) is 15.5. The standard InChI is InChI=1S/C20H12BrN5O4S/c21-12-7-11(9-22-10-12)19-24-15-8-13(5-6-17(15)30-19)23-20(31)25-18(27)14-3-1-2-4-16(14)26(28)29/h1-10H,(H2,23,25,27,31). The maximum absolute atomic E-state index is 12.4. The molecule has 0 saturated heterocycles. The number of thiocarbonyl (C=S) groups is 1. The quantitative estimate of drug-likeness (QED) is 0.236. The number of aromatic nitrogens is 2. The van der Waals surface area contributed by atoms with Gasteiger partial charge in [-0.25, -0.2) is 4.98 Å². The smallest absolute Gasteiger partial charge is 0.282 e. The van der Waals surface area contributed by atoms with Crippen molar-refractivity contribution in [1.82, 2.24) is 15.3 Å². The first-order valence-corrected chi connectivity index (χ1v) is 9.98. The molecule has 31 heavy (non-hydrogen) atoms. The topological polar surface area (TPSA) is 123 Å². The average molecular weight is 498 g/mol. The van der Waals surface area contributed by atoms with Crippen LogP contribution in [0.5, 0.6) is 0 Å². The van der Waals surface area contributed by atoms with Crippen LogP contribution in [0.2, 0.25) is 0 Å². The van der Waals surface area contributed by atoms with E-state index in [-0.39, 0.29) is 16.4 Å². The van der Waals surface area contributed by atoms with Gasteiger partial charge >= 0.3 is 0 Å². The largest absolute Gasteiger partial charge is 0.436 e. The molecular formula is C20H12BrN5O4S. The lowest BCUT2D eigenvalue weighted by Crippen LogP contribution is -2.34. The van der Waals surface area contributed by atoms with Gasteiger partial charge in [-0.2, -0.15) is 0 Å². The molecule has 2 aromatic heterocycles. The Balaban J connectivity index is 1.50. The second-order valence-corrected chi connectivity index (χ2v) is 7.60. The third-order valence-corrected chi connectivity index (χ3v) is 4.81. The molecule has 4 rings (SSSR count). The van der Waals surface area contributed by atoms with Crippen molar-refractivity contribution >= 4 is 61.6 Å². The number of anilines is 1. The molecule has 0 radical (unpaired) electrons. The summed E-state index contributed by atoms with van der Waals surface area (Å²) in [6, 6.07) is 12.6.